The summed E-state index contributed by atoms with van der Waals surface area (Å²) in [6.07, 6.45) is 1.87. The Bertz CT molecular complexity index is 1210. The number of non-ortho nitro benzene ring substituents is 1. The van der Waals surface area contributed by atoms with Crippen molar-refractivity contribution < 1.29 is 14.4 Å². The average Bonchev–Trinajstić information content (AvgIpc) is 2.79. The van der Waals surface area contributed by atoms with Crippen molar-refractivity contribution in [3.05, 3.63) is 98.1 Å². The highest BCUT2D eigenvalue weighted by molar-refractivity contribution is 5.64. The van der Waals surface area contributed by atoms with E-state index in [1.165, 1.54) is 12.1 Å². The number of allylic oxidation sites excluding steroid dienone is 1. The highest BCUT2D eigenvalue weighted by Crippen LogP contribution is 2.43. The Balaban J connectivity index is 1.84. The number of ether oxygens (including phenoxy) is 2. The van der Waals surface area contributed by atoms with Crippen molar-refractivity contribution in [3.8, 4) is 11.8 Å². The zero-order chi connectivity index (χ0) is 22.8. The minimum Gasteiger partial charge on any atom is -0.497 e. The lowest BCUT2D eigenvalue weighted by molar-refractivity contribution is -0.384. The molecule has 32 heavy (non-hydrogen) atoms. The first-order chi connectivity index (χ1) is 15.4. The van der Waals surface area contributed by atoms with Crippen LogP contribution < -0.4 is 10.5 Å². The van der Waals surface area contributed by atoms with Gasteiger partial charge in [-0.25, -0.2) is 0 Å². The van der Waals surface area contributed by atoms with Crippen molar-refractivity contribution in [1.82, 2.24) is 4.90 Å². The summed E-state index contributed by atoms with van der Waals surface area (Å²) in [5.74, 6) is 1.05. The number of nitro benzene ring substituents is 1. The van der Waals surface area contributed by atoms with Crippen LogP contribution in [0.25, 0.3) is 6.08 Å². The second-order valence-electron chi connectivity index (χ2n) is 7.75. The van der Waals surface area contributed by atoms with Crippen LogP contribution >= 0.6 is 0 Å². The fraction of sp³-hybridized carbons (Fsp3) is 0.208. The second-order valence-corrected chi connectivity index (χ2v) is 7.75. The molecule has 8 heteroatoms. The molecular weight excluding hydrogens is 408 g/mol. The number of nitro groups is 1. The third-order valence-electron chi connectivity index (χ3n) is 5.57. The van der Waals surface area contributed by atoms with E-state index in [9.17, 15) is 15.4 Å². The maximum absolute atomic E-state index is 11.2. The Morgan fingerprint density at radius 1 is 1.28 bits per heavy atom. The van der Waals surface area contributed by atoms with Gasteiger partial charge in [0.25, 0.3) is 5.69 Å². The lowest BCUT2D eigenvalue weighted by atomic mass is 9.80. The maximum Gasteiger partial charge on any atom is 0.270 e. The number of nitriles is 1. The summed E-state index contributed by atoms with van der Waals surface area (Å²) in [5.41, 5.74) is 9.92. The van der Waals surface area contributed by atoms with Crippen LogP contribution in [-0.4, -0.2) is 37.1 Å². The van der Waals surface area contributed by atoms with Crippen molar-refractivity contribution in [2.24, 2.45) is 5.73 Å². The molecular formula is C24H22N4O4. The Morgan fingerprint density at radius 3 is 2.69 bits per heavy atom. The van der Waals surface area contributed by atoms with E-state index in [0.717, 1.165) is 22.5 Å². The van der Waals surface area contributed by atoms with Crippen molar-refractivity contribution in [3.63, 3.8) is 0 Å². The first-order valence-electron chi connectivity index (χ1n) is 9.99. The van der Waals surface area contributed by atoms with Gasteiger partial charge in [-0.3, -0.25) is 15.0 Å². The van der Waals surface area contributed by atoms with Crippen LogP contribution in [0.1, 0.15) is 17.0 Å². The lowest BCUT2D eigenvalue weighted by Crippen LogP contribution is -2.35. The third-order valence-corrected chi connectivity index (χ3v) is 5.57. The molecule has 0 saturated carbocycles. The van der Waals surface area contributed by atoms with Crippen molar-refractivity contribution >= 4 is 11.8 Å². The Labute approximate surface area is 185 Å². The highest BCUT2D eigenvalue weighted by Gasteiger charge is 2.37. The fourth-order valence-electron chi connectivity index (χ4n) is 4.15. The quantitative estimate of drug-likeness (QED) is 0.581. The Morgan fingerprint density at radius 2 is 2.03 bits per heavy atom. The number of methoxy groups -OCH3 is 1. The number of likely N-dealkylation sites (N-methyl/N-ethyl adjacent to an activating group) is 1. The zero-order valence-electron chi connectivity index (χ0n) is 17.7. The van der Waals surface area contributed by atoms with E-state index in [1.54, 1.807) is 19.2 Å². The van der Waals surface area contributed by atoms with Crippen LogP contribution in [0.4, 0.5) is 5.69 Å². The van der Waals surface area contributed by atoms with Gasteiger partial charge in [0.1, 0.15) is 23.2 Å². The van der Waals surface area contributed by atoms with Crippen LogP contribution in [0.15, 0.2) is 76.9 Å². The molecule has 8 nitrogen and oxygen atoms in total. The smallest absolute Gasteiger partial charge is 0.270 e. The van der Waals surface area contributed by atoms with Gasteiger partial charge in [-0.1, -0.05) is 24.3 Å². The van der Waals surface area contributed by atoms with Crippen molar-refractivity contribution in [1.29, 1.82) is 5.26 Å². The van der Waals surface area contributed by atoms with Gasteiger partial charge >= 0.3 is 0 Å². The summed E-state index contributed by atoms with van der Waals surface area (Å²) in [7, 11) is 3.58. The predicted octanol–water partition coefficient (Wildman–Crippen LogP) is 3.69. The molecule has 2 aliphatic rings. The third kappa shape index (κ3) is 3.94. The monoisotopic (exact) mass is 430 g/mol. The molecule has 2 aliphatic heterocycles. The Kier molecular flexibility index (Phi) is 5.67. The molecule has 2 aromatic rings. The van der Waals surface area contributed by atoms with Crippen molar-refractivity contribution in [2.45, 2.75) is 5.92 Å². The van der Waals surface area contributed by atoms with Gasteiger partial charge in [0.05, 0.1) is 18.0 Å². The molecule has 0 fully saturated rings. The van der Waals surface area contributed by atoms with Gasteiger partial charge < -0.3 is 15.2 Å². The summed E-state index contributed by atoms with van der Waals surface area (Å²) in [6.45, 7) is 1.17. The Hall–Kier alpha value is -4.09. The topological polar surface area (TPSA) is 115 Å². The van der Waals surface area contributed by atoms with Crippen LogP contribution in [-0.2, 0) is 4.74 Å². The normalized spacial score (nSPS) is 19.9. The largest absolute Gasteiger partial charge is 0.497 e. The SMILES string of the molecule is COc1ccc([C@H]2C(C#N)=C(N)OC3=C2CN(C)C/C3=C\c2cccc([N+](=O)[O-])c2)cc1. The molecule has 0 saturated heterocycles. The van der Waals surface area contributed by atoms with E-state index >= 15 is 0 Å². The molecule has 0 amide bonds. The maximum atomic E-state index is 11.2. The minimum atomic E-state index is -0.420. The number of hydrogen-bond acceptors (Lipinski definition) is 7. The lowest BCUT2D eigenvalue weighted by Gasteiger charge is -2.36. The van der Waals surface area contributed by atoms with E-state index in [-0.39, 0.29) is 17.5 Å². The van der Waals surface area contributed by atoms with Gasteiger partial charge in [0.15, 0.2) is 0 Å². The standard InChI is InChI=1S/C24H22N4O4/c1-27-13-17(10-15-4-3-5-18(11-15)28(29)30)23-21(14-27)22(20(12-25)24(26)32-23)16-6-8-19(31-2)9-7-16/h3-11,22H,13-14,26H2,1-2H3/b17-10+/t22-/m0/s1. The van der Waals surface area contributed by atoms with E-state index in [1.807, 2.05) is 37.4 Å². The molecule has 0 radical (unpaired) electrons. The number of nitrogens with zero attached hydrogens (tertiary/aromatic N) is 3. The molecule has 4 rings (SSSR count). The number of hydrogen-bond donors (Lipinski definition) is 1. The van der Waals surface area contributed by atoms with Gasteiger partial charge in [0, 0.05) is 30.8 Å². The number of rotatable bonds is 4. The minimum absolute atomic E-state index is 0.0181. The molecule has 2 aromatic carbocycles. The molecule has 0 aromatic heterocycles. The zero-order valence-corrected chi connectivity index (χ0v) is 17.7. The van der Waals surface area contributed by atoms with E-state index in [4.69, 9.17) is 15.2 Å². The first-order valence-corrected chi connectivity index (χ1v) is 9.99. The summed E-state index contributed by atoms with van der Waals surface area (Å²) in [6, 6.07) is 16.2. The van der Waals surface area contributed by atoms with Gasteiger partial charge in [-0.2, -0.15) is 5.26 Å². The molecule has 1 atom stereocenters. The predicted molar refractivity (Wildman–Crippen MR) is 119 cm³/mol. The summed E-state index contributed by atoms with van der Waals surface area (Å²) in [4.78, 5) is 12.9. The van der Waals surface area contributed by atoms with Crippen LogP contribution in [0.3, 0.4) is 0 Å². The van der Waals surface area contributed by atoms with Crippen LogP contribution in [0.2, 0.25) is 0 Å². The summed E-state index contributed by atoms with van der Waals surface area (Å²) < 4.78 is 11.2. The molecule has 162 valence electrons. The number of nitrogens with two attached hydrogens (primary N) is 1. The highest BCUT2D eigenvalue weighted by atomic mass is 16.6. The molecule has 0 bridgehead atoms. The van der Waals surface area contributed by atoms with Crippen LogP contribution in [0, 0.1) is 21.4 Å². The average molecular weight is 430 g/mol. The second kappa shape index (κ2) is 8.57. The molecule has 2 heterocycles. The van der Waals surface area contributed by atoms with Gasteiger partial charge in [-0.05, 0) is 42.0 Å². The first kappa shape index (κ1) is 21.2. The summed E-state index contributed by atoms with van der Waals surface area (Å²) >= 11 is 0. The molecule has 0 unspecified atom stereocenters. The van der Waals surface area contributed by atoms with Gasteiger partial charge in [-0.15, -0.1) is 0 Å². The van der Waals surface area contributed by atoms with E-state index < -0.39 is 4.92 Å². The fourth-order valence-corrected chi connectivity index (χ4v) is 4.15. The summed E-state index contributed by atoms with van der Waals surface area (Å²) in [5, 5.41) is 21.0. The van der Waals surface area contributed by atoms with E-state index in [2.05, 4.69) is 11.0 Å². The molecule has 0 spiro atoms. The molecule has 2 N–H and O–H groups in total. The number of benzene rings is 2. The molecule has 0 aliphatic carbocycles. The van der Waals surface area contributed by atoms with Crippen molar-refractivity contribution in [2.75, 3.05) is 27.2 Å². The van der Waals surface area contributed by atoms with E-state index in [0.29, 0.717) is 30.0 Å². The van der Waals surface area contributed by atoms with Crippen LogP contribution in [0.5, 0.6) is 5.75 Å². The van der Waals surface area contributed by atoms with Gasteiger partial charge in [0.2, 0.25) is 5.88 Å².